The third kappa shape index (κ3) is 2.62. The van der Waals surface area contributed by atoms with Crippen LogP contribution in [0.1, 0.15) is 37.4 Å². The van der Waals surface area contributed by atoms with E-state index in [4.69, 9.17) is 4.74 Å². The molecule has 0 aliphatic carbocycles. The molecule has 7 heteroatoms. The minimum atomic E-state index is -3.23. The van der Waals surface area contributed by atoms with Crippen molar-refractivity contribution in [2.45, 2.75) is 42.7 Å². The van der Waals surface area contributed by atoms with Gasteiger partial charge in [0.25, 0.3) is 0 Å². The third-order valence-corrected chi connectivity index (χ3v) is 5.44. The Morgan fingerprint density at radius 1 is 1.35 bits per heavy atom. The number of likely N-dealkylation sites (tertiary alicyclic amines) is 1. The van der Waals surface area contributed by atoms with E-state index in [2.05, 4.69) is 15.1 Å². The Morgan fingerprint density at radius 3 is 2.80 bits per heavy atom. The summed E-state index contributed by atoms with van der Waals surface area (Å²) in [4.78, 5) is 2.78. The molecule has 0 spiro atoms. The molecule has 0 aromatic carbocycles. The first-order valence-corrected chi connectivity index (χ1v) is 9.03. The van der Waals surface area contributed by atoms with E-state index in [0.29, 0.717) is 10.9 Å². The van der Waals surface area contributed by atoms with Crippen LogP contribution in [-0.2, 0) is 14.6 Å². The third-order valence-electron chi connectivity index (χ3n) is 4.32. The average Bonchev–Trinajstić information content (AvgIpc) is 3.07. The lowest BCUT2D eigenvalue weighted by molar-refractivity contribution is 0.0281. The minimum absolute atomic E-state index is 0.144. The quantitative estimate of drug-likeness (QED) is 0.905. The largest absolute Gasteiger partial charge is 0.381 e. The van der Waals surface area contributed by atoms with Crippen molar-refractivity contribution in [3.05, 3.63) is 11.9 Å². The Hall–Kier alpha value is -0.920. The average molecular weight is 299 g/mol. The van der Waals surface area contributed by atoms with E-state index >= 15 is 0 Å². The summed E-state index contributed by atoms with van der Waals surface area (Å²) in [6.07, 6.45) is 6.82. The SMILES string of the molecule is CS(=O)(=O)c1cn[nH]c1[C@@H]1CCCN1C1CCOCC1. The predicted molar refractivity (Wildman–Crippen MR) is 74.2 cm³/mol. The van der Waals surface area contributed by atoms with Gasteiger partial charge in [0.05, 0.1) is 17.9 Å². The first kappa shape index (κ1) is 14.0. The topological polar surface area (TPSA) is 75.3 Å². The van der Waals surface area contributed by atoms with Gasteiger partial charge in [-0.3, -0.25) is 10.00 Å². The van der Waals surface area contributed by atoms with Gasteiger partial charge in [-0.25, -0.2) is 8.42 Å². The second kappa shape index (κ2) is 5.46. The Morgan fingerprint density at radius 2 is 2.10 bits per heavy atom. The first-order valence-electron chi connectivity index (χ1n) is 7.14. The monoisotopic (exact) mass is 299 g/mol. The summed E-state index contributed by atoms with van der Waals surface area (Å²) in [5, 5.41) is 6.88. The van der Waals surface area contributed by atoms with Crippen molar-refractivity contribution >= 4 is 9.84 Å². The molecule has 2 aliphatic rings. The van der Waals surface area contributed by atoms with Gasteiger partial charge in [0, 0.05) is 25.5 Å². The molecule has 0 unspecified atom stereocenters. The number of aromatic nitrogens is 2. The van der Waals surface area contributed by atoms with E-state index in [0.717, 1.165) is 51.1 Å². The summed E-state index contributed by atoms with van der Waals surface area (Å²) in [5.74, 6) is 0. The van der Waals surface area contributed by atoms with Gasteiger partial charge in [-0.05, 0) is 32.2 Å². The molecule has 3 rings (SSSR count). The van der Waals surface area contributed by atoms with Crippen LogP contribution >= 0.6 is 0 Å². The molecule has 0 bridgehead atoms. The van der Waals surface area contributed by atoms with Crippen molar-refractivity contribution < 1.29 is 13.2 Å². The van der Waals surface area contributed by atoms with Gasteiger partial charge in [0.15, 0.2) is 9.84 Å². The van der Waals surface area contributed by atoms with E-state index in [-0.39, 0.29) is 6.04 Å². The molecule has 3 heterocycles. The summed E-state index contributed by atoms with van der Waals surface area (Å²) in [6, 6.07) is 0.636. The van der Waals surface area contributed by atoms with Crippen LogP contribution in [-0.4, -0.2) is 55.6 Å². The number of rotatable bonds is 3. The molecular weight excluding hydrogens is 278 g/mol. The summed E-state index contributed by atoms with van der Waals surface area (Å²) < 4.78 is 29.1. The fraction of sp³-hybridized carbons (Fsp3) is 0.769. The molecule has 1 aromatic rings. The molecule has 2 saturated heterocycles. The fourth-order valence-electron chi connectivity index (χ4n) is 3.37. The summed E-state index contributed by atoms with van der Waals surface area (Å²) in [7, 11) is -3.23. The van der Waals surface area contributed by atoms with Gasteiger partial charge in [0.2, 0.25) is 0 Å². The van der Waals surface area contributed by atoms with Gasteiger partial charge in [-0.15, -0.1) is 0 Å². The molecule has 112 valence electrons. The van der Waals surface area contributed by atoms with Crippen LogP contribution in [0, 0.1) is 0 Å². The van der Waals surface area contributed by atoms with Crippen LogP contribution < -0.4 is 0 Å². The van der Waals surface area contributed by atoms with E-state index in [9.17, 15) is 8.42 Å². The van der Waals surface area contributed by atoms with Crippen molar-refractivity contribution in [1.82, 2.24) is 15.1 Å². The normalized spacial score (nSPS) is 26.1. The number of ether oxygens (including phenoxy) is 1. The maximum atomic E-state index is 11.9. The van der Waals surface area contributed by atoms with E-state index in [1.807, 2.05) is 0 Å². The number of hydrogen-bond donors (Lipinski definition) is 1. The van der Waals surface area contributed by atoms with Gasteiger partial charge in [-0.2, -0.15) is 5.10 Å². The van der Waals surface area contributed by atoms with Gasteiger partial charge in [-0.1, -0.05) is 0 Å². The molecule has 6 nitrogen and oxygen atoms in total. The second-order valence-corrected chi connectivity index (χ2v) is 7.64. The highest BCUT2D eigenvalue weighted by Crippen LogP contribution is 2.37. The Balaban J connectivity index is 1.87. The van der Waals surface area contributed by atoms with Crippen molar-refractivity contribution in [3.8, 4) is 0 Å². The van der Waals surface area contributed by atoms with Crippen LogP contribution in [0.25, 0.3) is 0 Å². The lowest BCUT2D eigenvalue weighted by Crippen LogP contribution is -2.39. The molecule has 1 atom stereocenters. The van der Waals surface area contributed by atoms with E-state index in [1.165, 1.54) is 12.5 Å². The van der Waals surface area contributed by atoms with Crippen LogP contribution in [0.15, 0.2) is 11.1 Å². The predicted octanol–water partition coefficient (Wildman–Crippen LogP) is 1.13. The minimum Gasteiger partial charge on any atom is -0.381 e. The number of nitrogens with one attached hydrogen (secondary N) is 1. The van der Waals surface area contributed by atoms with Gasteiger partial charge in [0.1, 0.15) is 4.90 Å². The highest BCUT2D eigenvalue weighted by Gasteiger charge is 2.36. The molecule has 2 fully saturated rings. The molecule has 20 heavy (non-hydrogen) atoms. The Kier molecular flexibility index (Phi) is 3.83. The zero-order valence-electron chi connectivity index (χ0n) is 11.7. The number of H-pyrrole nitrogens is 1. The van der Waals surface area contributed by atoms with Crippen LogP contribution in [0.3, 0.4) is 0 Å². The fourth-order valence-corrected chi connectivity index (χ4v) is 4.20. The highest BCUT2D eigenvalue weighted by molar-refractivity contribution is 7.90. The number of hydrogen-bond acceptors (Lipinski definition) is 5. The molecule has 1 aromatic heterocycles. The molecule has 2 aliphatic heterocycles. The maximum absolute atomic E-state index is 11.9. The standard InChI is InChI=1S/C13H21N3O3S/c1-20(17,18)12-9-14-15-13(12)11-3-2-6-16(11)10-4-7-19-8-5-10/h9-11H,2-8H2,1H3,(H,14,15)/t11-/m0/s1. The van der Waals surface area contributed by atoms with Crippen molar-refractivity contribution in [3.63, 3.8) is 0 Å². The Bertz CT molecular complexity index is 563. The molecule has 0 saturated carbocycles. The van der Waals surface area contributed by atoms with Crippen LogP contribution in [0.2, 0.25) is 0 Å². The molecule has 0 amide bonds. The first-order chi connectivity index (χ1) is 9.57. The number of nitrogens with zero attached hydrogens (tertiary/aromatic N) is 2. The van der Waals surface area contributed by atoms with E-state index in [1.54, 1.807) is 0 Å². The van der Waals surface area contributed by atoms with Crippen LogP contribution in [0.5, 0.6) is 0 Å². The number of aromatic amines is 1. The molecular formula is C13H21N3O3S. The zero-order valence-corrected chi connectivity index (χ0v) is 12.5. The van der Waals surface area contributed by atoms with Gasteiger partial charge < -0.3 is 4.74 Å². The van der Waals surface area contributed by atoms with Gasteiger partial charge >= 0.3 is 0 Å². The molecule has 1 N–H and O–H groups in total. The summed E-state index contributed by atoms with van der Waals surface area (Å²) in [5.41, 5.74) is 0.761. The summed E-state index contributed by atoms with van der Waals surface area (Å²) >= 11 is 0. The molecule has 0 radical (unpaired) electrons. The smallest absolute Gasteiger partial charge is 0.178 e. The van der Waals surface area contributed by atoms with E-state index < -0.39 is 9.84 Å². The maximum Gasteiger partial charge on any atom is 0.178 e. The number of sulfone groups is 1. The lowest BCUT2D eigenvalue weighted by atomic mass is 10.0. The Labute approximate surface area is 119 Å². The lowest BCUT2D eigenvalue weighted by Gasteiger charge is -2.35. The van der Waals surface area contributed by atoms with Crippen molar-refractivity contribution in [2.24, 2.45) is 0 Å². The van der Waals surface area contributed by atoms with Crippen LogP contribution in [0.4, 0.5) is 0 Å². The summed E-state index contributed by atoms with van der Waals surface area (Å²) in [6.45, 7) is 2.63. The van der Waals surface area contributed by atoms with Crippen molar-refractivity contribution in [2.75, 3.05) is 26.0 Å². The second-order valence-electron chi connectivity index (χ2n) is 5.66. The zero-order chi connectivity index (χ0) is 14.2. The van der Waals surface area contributed by atoms with Crippen molar-refractivity contribution in [1.29, 1.82) is 0 Å². The highest BCUT2D eigenvalue weighted by atomic mass is 32.2.